The summed E-state index contributed by atoms with van der Waals surface area (Å²) in [5.41, 5.74) is 8.00. The lowest BCUT2D eigenvalue weighted by atomic mass is 10.2. The molecule has 0 aromatic heterocycles. The molecule has 3 heteroatoms. The Labute approximate surface area is 107 Å². The van der Waals surface area contributed by atoms with Gasteiger partial charge in [0.15, 0.2) is 0 Å². The molecule has 2 aromatic carbocycles. The van der Waals surface area contributed by atoms with Gasteiger partial charge in [-0.2, -0.15) is 0 Å². The van der Waals surface area contributed by atoms with Gasteiger partial charge in [0.1, 0.15) is 11.6 Å². The van der Waals surface area contributed by atoms with Gasteiger partial charge in [0, 0.05) is 5.56 Å². The zero-order valence-corrected chi connectivity index (χ0v) is 10.3. The molecule has 0 aliphatic carbocycles. The van der Waals surface area contributed by atoms with Crippen LogP contribution < -0.4 is 10.5 Å². The Morgan fingerprint density at radius 3 is 2.33 bits per heavy atom. The van der Waals surface area contributed by atoms with Crippen molar-refractivity contribution >= 4 is 5.84 Å². The minimum absolute atomic E-state index is 0.543. The first-order valence-corrected chi connectivity index (χ1v) is 5.78. The van der Waals surface area contributed by atoms with Crippen molar-refractivity contribution in [3.8, 4) is 5.75 Å². The molecule has 0 bridgehead atoms. The molecule has 0 saturated heterocycles. The number of hydrogen-bond donors (Lipinski definition) is 1. The van der Waals surface area contributed by atoms with Gasteiger partial charge in [-0.3, -0.25) is 4.99 Å². The molecule has 2 aromatic rings. The first-order valence-electron chi connectivity index (χ1n) is 5.78. The van der Waals surface area contributed by atoms with Crippen molar-refractivity contribution in [2.45, 2.75) is 6.54 Å². The Morgan fingerprint density at radius 2 is 1.72 bits per heavy atom. The molecule has 0 aliphatic rings. The number of hydrogen-bond acceptors (Lipinski definition) is 2. The molecule has 2 rings (SSSR count). The summed E-state index contributed by atoms with van der Waals surface area (Å²) in [5.74, 6) is 1.36. The number of benzene rings is 2. The Balaban J connectivity index is 2.08. The molecular formula is C15H16N2O. The van der Waals surface area contributed by atoms with Gasteiger partial charge < -0.3 is 10.5 Å². The van der Waals surface area contributed by atoms with Crippen molar-refractivity contribution in [3.05, 3.63) is 65.7 Å². The molecule has 0 saturated carbocycles. The van der Waals surface area contributed by atoms with Crippen LogP contribution in [0.1, 0.15) is 11.1 Å². The summed E-state index contributed by atoms with van der Waals surface area (Å²) in [6, 6.07) is 17.6. The summed E-state index contributed by atoms with van der Waals surface area (Å²) in [4.78, 5) is 4.37. The second-order valence-electron chi connectivity index (χ2n) is 3.92. The predicted octanol–water partition coefficient (Wildman–Crippen LogP) is 2.60. The Kier molecular flexibility index (Phi) is 3.97. The van der Waals surface area contributed by atoms with E-state index >= 15 is 0 Å². The minimum atomic E-state index is 0.543. The first-order chi connectivity index (χ1) is 8.79. The molecule has 0 fully saturated rings. The molecule has 0 radical (unpaired) electrons. The number of rotatable bonds is 4. The Hall–Kier alpha value is -2.29. The zero-order chi connectivity index (χ0) is 12.8. The maximum Gasteiger partial charge on any atom is 0.125 e. The number of amidine groups is 1. The zero-order valence-electron chi connectivity index (χ0n) is 10.3. The van der Waals surface area contributed by atoms with E-state index in [-0.39, 0.29) is 0 Å². The van der Waals surface area contributed by atoms with E-state index in [0.29, 0.717) is 12.4 Å². The van der Waals surface area contributed by atoms with Crippen molar-refractivity contribution in [3.63, 3.8) is 0 Å². The fraction of sp³-hybridized carbons (Fsp3) is 0.133. The van der Waals surface area contributed by atoms with Crippen LogP contribution in [-0.4, -0.2) is 12.9 Å². The number of methoxy groups -OCH3 is 1. The number of ether oxygens (including phenoxy) is 1. The summed E-state index contributed by atoms with van der Waals surface area (Å²) < 4.78 is 5.10. The maximum absolute atomic E-state index is 5.94. The molecule has 92 valence electrons. The second kappa shape index (κ2) is 5.87. The molecule has 18 heavy (non-hydrogen) atoms. The molecule has 0 unspecified atom stereocenters. The third-order valence-corrected chi connectivity index (χ3v) is 2.66. The van der Waals surface area contributed by atoms with Crippen LogP contribution in [0.3, 0.4) is 0 Å². The van der Waals surface area contributed by atoms with Gasteiger partial charge in [0.05, 0.1) is 13.7 Å². The van der Waals surface area contributed by atoms with Crippen LogP contribution in [-0.2, 0) is 6.54 Å². The monoisotopic (exact) mass is 240 g/mol. The van der Waals surface area contributed by atoms with Gasteiger partial charge in [-0.05, 0) is 29.8 Å². The van der Waals surface area contributed by atoms with Gasteiger partial charge in [0.2, 0.25) is 0 Å². The fourth-order valence-electron chi connectivity index (χ4n) is 1.61. The second-order valence-corrected chi connectivity index (χ2v) is 3.92. The average molecular weight is 240 g/mol. The number of aliphatic imine (C=N–C) groups is 1. The lowest BCUT2D eigenvalue weighted by Crippen LogP contribution is -2.13. The van der Waals surface area contributed by atoms with Crippen molar-refractivity contribution < 1.29 is 4.74 Å². The van der Waals surface area contributed by atoms with E-state index in [1.807, 2.05) is 54.6 Å². The Morgan fingerprint density at radius 1 is 1.06 bits per heavy atom. The summed E-state index contributed by atoms with van der Waals surface area (Å²) >= 11 is 0. The molecule has 2 N–H and O–H groups in total. The van der Waals surface area contributed by atoms with Crippen molar-refractivity contribution in [2.75, 3.05) is 7.11 Å². The van der Waals surface area contributed by atoms with Crippen LogP contribution >= 0.6 is 0 Å². The van der Waals surface area contributed by atoms with Gasteiger partial charge in [0.25, 0.3) is 0 Å². The molecular weight excluding hydrogens is 224 g/mol. The van der Waals surface area contributed by atoms with Gasteiger partial charge in [-0.15, -0.1) is 0 Å². The van der Waals surface area contributed by atoms with E-state index in [1.54, 1.807) is 7.11 Å². The standard InChI is InChI=1S/C15H16N2O/c1-18-14-9-7-13(8-10-14)15(16)17-11-12-5-3-2-4-6-12/h2-10H,11H2,1H3,(H2,16,17). The molecule has 3 nitrogen and oxygen atoms in total. The minimum Gasteiger partial charge on any atom is -0.497 e. The quantitative estimate of drug-likeness (QED) is 0.659. The van der Waals surface area contributed by atoms with E-state index < -0.39 is 0 Å². The van der Waals surface area contributed by atoms with Crippen molar-refractivity contribution in [1.82, 2.24) is 0 Å². The smallest absolute Gasteiger partial charge is 0.125 e. The van der Waals surface area contributed by atoms with Crippen LogP contribution in [0.5, 0.6) is 5.75 Å². The van der Waals surface area contributed by atoms with Crippen molar-refractivity contribution in [1.29, 1.82) is 0 Å². The molecule has 0 amide bonds. The highest BCUT2D eigenvalue weighted by Gasteiger charge is 1.98. The van der Waals surface area contributed by atoms with E-state index in [9.17, 15) is 0 Å². The van der Waals surface area contributed by atoms with E-state index in [2.05, 4.69) is 4.99 Å². The third kappa shape index (κ3) is 3.10. The van der Waals surface area contributed by atoms with Crippen LogP contribution in [0.2, 0.25) is 0 Å². The average Bonchev–Trinajstić information content (AvgIpc) is 2.46. The Bertz CT molecular complexity index is 518. The summed E-state index contributed by atoms with van der Waals surface area (Å²) in [6.07, 6.45) is 0. The summed E-state index contributed by atoms with van der Waals surface area (Å²) in [5, 5.41) is 0. The molecule has 0 spiro atoms. The maximum atomic E-state index is 5.94. The third-order valence-electron chi connectivity index (χ3n) is 2.66. The fourth-order valence-corrected chi connectivity index (χ4v) is 1.61. The van der Waals surface area contributed by atoms with Crippen LogP contribution in [0.4, 0.5) is 0 Å². The summed E-state index contributed by atoms with van der Waals surface area (Å²) in [7, 11) is 1.64. The van der Waals surface area contributed by atoms with Gasteiger partial charge in [-0.25, -0.2) is 0 Å². The van der Waals surface area contributed by atoms with Gasteiger partial charge in [-0.1, -0.05) is 30.3 Å². The highest BCUT2D eigenvalue weighted by Crippen LogP contribution is 2.11. The lowest BCUT2D eigenvalue weighted by Gasteiger charge is -2.03. The van der Waals surface area contributed by atoms with Gasteiger partial charge >= 0.3 is 0 Å². The van der Waals surface area contributed by atoms with Crippen LogP contribution in [0, 0.1) is 0 Å². The highest BCUT2D eigenvalue weighted by atomic mass is 16.5. The molecule has 0 aliphatic heterocycles. The van der Waals surface area contributed by atoms with E-state index in [0.717, 1.165) is 16.9 Å². The number of nitrogens with zero attached hydrogens (tertiary/aromatic N) is 1. The highest BCUT2D eigenvalue weighted by molar-refractivity contribution is 5.97. The lowest BCUT2D eigenvalue weighted by molar-refractivity contribution is 0.415. The number of nitrogens with two attached hydrogens (primary N) is 1. The van der Waals surface area contributed by atoms with Crippen LogP contribution in [0.25, 0.3) is 0 Å². The molecule has 0 atom stereocenters. The summed E-state index contributed by atoms with van der Waals surface area (Å²) in [6.45, 7) is 0.596. The predicted molar refractivity (Wildman–Crippen MR) is 73.9 cm³/mol. The molecule has 0 heterocycles. The van der Waals surface area contributed by atoms with Crippen LogP contribution in [0.15, 0.2) is 59.6 Å². The van der Waals surface area contributed by atoms with Crippen molar-refractivity contribution in [2.24, 2.45) is 10.7 Å². The largest absolute Gasteiger partial charge is 0.497 e. The SMILES string of the molecule is COc1ccc(C(N)=NCc2ccccc2)cc1. The van der Waals surface area contributed by atoms with E-state index in [4.69, 9.17) is 10.5 Å². The van der Waals surface area contributed by atoms with E-state index in [1.165, 1.54) is 0 Å². The first kappa shape index (κ1) is 12.2. The normalized spacial score (nSPS) is 11.3. The topological polar surface area (TPSA) is 47.6 Å².